The highest BCUT2D eigenvalue weighted by molar-refractivity contribution is 6.18. The number of alkyl halides is 2. The van der Waals surface area contributed by atoms with E-state index in [0.29, 0.717) is 36.8 Å². The van der Waals surface area contributed by atoms with Crippen LogP contribution in [0.3, 0.4) is 0 Å². The highest BCUT2D eigenvalue weighted by atomic mass is 35.5. The van der Waals surface area contributed by atoms with E-state index in [-0.39, 0.29) is 31.4 Å². The molecular formula is C29H37Cl2FN4O4. The van der Waals surface area contributed by atoms with Gasteiger partial charge in [0.25, 0.3) is 0 Å². The summed E-state index contributed by atoms with van der Waals surface area (Å²) in [5.41, 5.74) is 2.38. The van der Waals surface area contributed by atoms with Crippen molar-refractivity contribution in [3.63, 3.8) is 0 Å². The Labute approximate surface area is 244 Å². The summed E-state index contributed by atoms with van der Waals surface area (Å²) >= 11 is 12.0. The fourth-order valence-electron chi connectivity index (χ4n) is 4.64. The topological polar surface area (TPSA) is 99.8 Å². The van der Waals surface area contributed by atoms with E-state index in [9.17, 15) is 18.8 Å². The fraction of sp³-hybridized carbons (Fsp3) is 0.483. The van der Waals surface area contributed by atoms with Crippen LogP contribution in [-0.4, -0.2) is 73.9 Å². The molecule has 2 amide bonds. The third kappa shape index (κ3) is 9.64. The summed E-state index contributed by atoms with van der Waals surface area (Å²) in [7, 11) is 0. The van der Waals surface area contributed by atoms with Crippen molar-refractivity contribution < 1.29 is 23.5 Å². The summed E-state index contributed by atoms with van der Waals surface area (Å²) < 4.78 is 18.6. The van der Waals surface area contributed by atoms with Crippen molar-refractivity contribution >= 4 is 46.7 Å². The zero-order chi connectivity index (χ0) is 28.9. The molecule has 0 bridgehead atoms. The van der Waals surface area contributed by atoms with Crippen molar-refractivity contribution in [3.05, 3.63) is 65.5 Å². The molecule has 1 fully saturated rings. The Hall–Kier alpha value is -2.88. The third-order valence-corrected chi connectivity index (χ3v) is 7.01. The molecule has 0 aliphatic carbocycles. The molecule has 11 heteroatoms. The maximum Gasteiger partial charge on any atom is 0.328 e. The van der Waals surface area contributed by atoms with Gasteiger partial charge in [0.15, 0.2) is 0 Å². The quantitative estimate of drug-likeness (QED) is 0.216. The number of carbonyl (C=O) groups excluding carboxylic acids is 3. The molecule has 8 nitrogen and oxygen atoms in total. The van der Waals surface area contributed by atoms with Crippen LogP contribution in [0.1, 0.15) is 30.9 Å². The van der Waals surface area contributed by atoms with Gasteiger partial charge in [0.2, 0.25) is 11.8 Å². The Morgan fingerprint density at radius 3 is 2.35 bits per heavy atom. The number of anilines is 1. The zero-order valence-electron chi connectivity index (χ0n) is 22.6. The first-order valence-corrected chi connectivity index (χ1v) is 14.6. The van der Waals surface area contributed by atoms with Gasteiger partial charge >= 0.3 is 5.97 Å². The average molecular weight is 596 g/mol. The van der Waals surface area contributed by atoms with Crippen LogP contribution < -0.4 is 20.9 Å². The molecule has 3 rings (SSSR count). The lowest BCUT2D eigenvalue weighted by Crippen LogP contribution is -2.55. The van der Waals surface area contributed by atoms with Crippen LogP contribution in [0.2, 0.25) is 0 Å². The number of benzene rings is 2. The van der Waals surface area contributed by atoms with Crippen molar-refractivity contribution in [1.29, 1.82) is 0 Å². The van der Waals surface area contributed by atoms with Crippen LogP contribution in [0.15, 0.2) is 48.5 Å². The zero-order valence-corrected chi connectivity index (χ0v) is 24.1. The summed E-state index contributed by atoms with van der Waals surface area (Å²) in [6.45, 7) is 3.76. The predicted octanol–water partition coefficient (Wildman–Crippen LogP) is 3.18. The molecule has 2 aromatic carbocycles. The maximum absolute atomic E-state index is 13.6. The van der Waals surface area contributed by atoms with Crippen molar-refractivity contribution in [2.24, 2.45) is 0 Å². The molecule has 1 aliphatic rings. The number of esters is 1. The highest BCUT2D eigenvalue weighted by Crippen LogP contribution is 2.18. The molecule has 2 unspecified atom stereocenters. The van der Waals surface area contributed by atoms with E-state index >= 15 is 0 Å². The van der Waals surface area contributed by atoms with Crippen LogP contribution in [-0.2, 0) is 32.0 Å². The smallest absolute Gasteiger partial charge is 0.328 e. The molecule has 2 aromatic rings. The Morgan fingerprint density at radius 1 is 1.02 bits per heavy atom. The van der Waals surface area contributed by atoms with Crippen molar-refractivity contribution in [3.8, 4) is 0 Å². The van der Waals surface area contributed by atoms with E-state index in [4.69, 9.17) is 27.9 Å². The molecule has 1 saturated heterocycles. The summed E-state index contributed by atoms with van der Waals surface area (Å²) in [6.07, 6.45) is 1.85. The molecule has 3 atom stereocenters. The number of nitrogens with zero attached hydrogens (tertiary/aromatic N) is 1. The van der Waals surface area contributed by atoms with Gasteiger partial charge in [-0.05, 0) is 61.7 Å². The monoisotopic (exact) mass is 594 g/mol. The number of ether oxygens (including phenoxy) is 1. The second-order valence-corrected chi connectivity index (χ2v) is 10.3. The standard InChI is InChI=1S/C29H37Cl2FN4O4/c1-2-40-29(39)26(18-20-8-10-22(32)11-9-20)35-28(38)25(34-27(37)24-7-4-14-33-24)19-21-5-3-6-23(17-21)36(15-12-30)16-13-31/h3,5-6,8-11,17,24-26,33H,2,4,7,12-16,18-19H2,1H3,(H,34,37)(H,35,38)/t24?,25?,26-/m0/s1. The number of nitrogens with one attached hydrogen (secondary N) is 3. The first-order valence-electron chi connectivity index (χ1n) is 13.6. The van der Waals surface area contributed by atoms with E-state index in [1.165, 1.54) is 12.1 Å². The Kier molecular flexibility index (Phi) is 13.0. The van der Waals surface area contributed by atoms with E-state index in [0.717, 1.165) is 24.2 Å². The molecular weight excluding hydrogens is 558 g/mol. The molecule has 218 valence electrons. The lowest BCUT2D eigenvalue weighted by atomic mass is 10.0. The maximum atomic E-state index is 13.6. The summed E-state index contributed by atoms with van der Waals surface area (Å²) in [6, 6.07) is 11.0. The Bertz CT molecular complexity index is 1110. The van der Waals surface area contributed by atoms with Crippen molar-refractivity contribution in [1.82, 2.24) is 16.0 Å². The van der Waals surface area contributed by atoms with E-state index in [2.05, 4.69) is 20.9 Å². The SMILES string of the molecule is CCOC(=O)[C@H](Cc1ccc(F)cc1)NC(=O)C(Cc1cccc(N(CCCl)CCCl)c1)NC(=O)C1CCCN1. The second kappa shape index (κ2) is 16.4. The van der Waals surface area contributed by atoms with Gasteiger partial charge in [-0.1, -0.05) is 24.3 Å². The highest BCUT2D eigenvalue weighted by Gasteiger charge is 2.31. The van der Waals surface area contributed by atoms with Gasteiger partial charge in [0.05, 0.1) is 12.6 Å². The van der Waals surface area contributed by atoms with Crippen LogP contribution >= 0.6 is 23.2 Å². The lowest BCUT2D eigenvalue weighted by molar-refractivity contribution is -0.147. The van der Waals surface area contributed by atoms with Gasteiger partial charge in [0, 0.05) is 43.4 Å². The van der Waals surface area contributed by atoms with Crippen molar-refractivity contribution in [2.75, 3.05) is 42.9 Å². The molecule has 0 radical (unpaired) electrons. The Morgan fingerprint density at radius 2 is 1.73 bits per heavy atom. The minimum Gasteiger partial charge on any atom is -0.464 e. The van der Waals surface area contributed by atoms with Gasteiger partial charge in [-0.3, -0.25) is 9.59 Å². The summed E-state index contributed by atoms with van der Waals surface area (Å²) in [4.78, 5) is 41.5. The number of hydrogen-bond acceptors (Lipinski definition) is 6. The molecule has 0 saturated carbocycles. The average Bonchev–Trinajstić information content (AvgIpc) is 3.49. The third-order valence-electron chi connectivity index (χ3n) is 6.67. The first-order chi connectivity index (χ1) is 19.3. The predicted molar refractivity (Wildman–Crippen MR) is 155 cm³/mol. The minimum absolute atomic E-state index is 0.108. The molecule has 0 aromatic heterocycles. The van der Waals surface area contributed by atoms with Gasteiger partial charge in [-0.2, -0.15) is 0 Å². The Balaban J connectivity index is 1.83. The normalized spacial score (nSPS) is 16.1. The molecule has 1 aliphatic heterocycles. The van der Waals surface area contributed by atoms with Gasteiger partial charge in [0.1, 0.15) is 17.9 Å². The van der Waals surface area contributed by atoms with E-state index in [1.807, 2.05) is 24.3 Å². The number of hydrogen-bond donors (Lipinski definition) is 3. The number of rotatable bonds is 15. The second-order valence-electron chi connectivity index (χ2n) is 9.59. The van der Waals surface area contributed by atoms with E-state index < -0.39 is 29.8 Å². The van der Waals surface area contributed by atoms with Crippen LogP contribution in [0.25, 0.3) is 0 Å². The molecule has 1 heterocycles. The van der Waals surface area contributed by atoms with E-state index in [1.54, 1.807) is 19.1 Å². The number of amides is 2. The van der Waals surface area contributed by atoms with Crippen LogP contribution in [0.5, 0.6) is 0 Å². The van der Waals surface area contributed by atoms with Crippen LogP contribution in [0.4, 0.5) is 10.1 Å². The molecule has 40 heavy (non-hydrogen) atoms. The van der Waals surface area contributed by atoms with Gasteiger partial charge in [-0.15, -0.1) is 23.2 Å². The summed E-state index contributed by atoms with van der Waals surface area (Å²) in [5, 5.41) is 8.80. The van der Waals surface area contributed by atoms with Crippen LogP contribution in [0, 0.1) is 5.82 Å². The first kappa shape index (κ1) is 31.6. The largest absolute Gasteiger partial charge is 0.464 e. The molecule has 3 N–H and O–H groups in total. The van der Waals surface area contributed by atoms with Gasteiger partial charge < -0.3 is 25.6 Å². The van der Waals surface area contributed by atoms with Crippen molar-refractivity contribution in [2.45, 2.75) is 50.7 Å². The number of halogens is 3. The van der Waals surface area contributed by atoms with Gasteiger partial charge in [-0.25, -0.2) is 9.18 Å². The number of carbonyl (C=O) groups is 3. The minimum atomic E-state index is -1.02. The molecule has 0 spiro atoms. The lowest BCUT2D eigenvalue weighted by Gasteiger charge is -2.25. The fourth-order valence-corrected chi connectivity index (χ4v) is 5.05. The summed E-state index contributed by atoms with van der Waals surface area (Å²) in [5.74, 6) is -0.940.